The van der Waals surface area contributed by atoms with Crippen molar-refractivity contribution in [2.45, 2.75) is 58.3 Å². The van der Waals surface area contributed by atoms with Gasteiger partial charge in [-0.3, -0.25) is 0 Å². The normalized spacial score (nSPS) is 19.2. The van der Waals surface area contributed by atoms with Crippen LogP contribution in [0.15, 0.2) is 34.8 Å². The molecule has 0 bridgehead atoms. The topological polar surface area (TPSA) is 70.8 Å². The third kappa shape index (κ3) is 7.61. The molecule has 1 aliphatic carbocycles. The van der Waals surface area contributed by atoms with E-state index in [1.807, 2.05) is 13.0 Å². The van der Waals surface area contributed by atoms with Gasteiger partial charge in [0.15, 0.2) is 0 Å². The fraction of sp³-hybridized carbons (Fsp3) is 0.500. The first-order chi connectivity index (χ1) is 13.9. The van der Waals surface area contributed by atoms with Gasteiger partial charge in [-0.2, -0.15) is 0 Å². The molecule has 6 nitrogen and oxygen atoms in total. The summed E-state index contributed by atoms with van der Waals surface area (Å²) in [7, 11) is 0. The Kier molecular flexibility index (Phi) is 9.92. The van der Waals surface area contributed by atoms with E-state index in [0.29, 0.717) is 24.7 Å². The summed E-state index contributed by atoms with van der Waals surface area (Å²) < 4.78 is 23.6. The van der Waals surface area contributed by atoms with E-state index in [2.05, 4.69) is 11.6 Å². The minimum atomic E-state index is -0.401. The average Bonchev–Trinajstić information content (AvgIpc) is 3.09. The molecular weight excluding hydrogens is 542 g/mol. The minimum absolute atomic E-state index is 0.0470. The molecule has 2 atom stereocenters. The van der Waals surface area contributed by atoms with Gasteiger partial charge >= 0.3 is 154 Å². The molecule has 1 aromatic rings. The molecule has 0 spiro atoms. The third-order valence-corrected chi connectivity index (χ3v) is 5.67. The zero-order valence-corrected chi connectivity index (χ0v) is 20.0. The number of oxazole rings is 1. The molecule has 158 valence electrons. The first kappa shape index (κ1) is 23.7. The molecule has 0 aliphatic heterocycles. The first-order valence-electron chi connectivity index (χ1n) is 9.74. The predicted octanol–water partition coefficient (Wildman–Crippen LogP) is 3.56. The molecule has 0 unspecified atom stereocenters. The summed E-state index contributed by atoms with van der Waals surface area (Å²) in [5.74, 6) is 0.969. The van der Waals surface area contributed by atoms with Gasteiger partial charge < -0.3 is 4.74 Å². The van der Waals surface area contributed by atoms with Crippen LogP contribution < -0.4 is 0 Å². The summed E-state index contributed by atoms with van der Waals surface area (Å²) in [5, 5.41) is 0. The summed E-state index contributed by atoms with van der Waals surface area (Å²) in [5.41, 5.74) is 1.15. The first-order valence-corrected chi connectivity index (χ1v) is 11.2. The van der Waals surface area contributed by atoms with Crippen LogP contribution in [-0.4, -0.2) is 40.3 Å². The Morgan fingerprint density at radius 3 is 2.79 bits per heavy atom. The molecule has 1 fully saturated rings. The van der Waals surface area contributed by atoms with Crippen LogP contribution in [0.4, 0.5) is 0 Å². The molecule has 0 saturated heterocycles. The number of hydrogen-bond acceptors (Lipinski definition) is 6. The number of rotatable bonds is 11. The van der Waals surface area contributed by atoms with E-state index in [1.54, 1.807) is 13.0 Å². The number of aromatic nitrogens is 1. The quantitative estimate of drug-likeness (QED) is 0.176. The standard InChI is InChI=1S/C22H28NO5.W/c1-5-7-8-12-21-23-20(17(4)28-21)15-27-19-11-9-10-18(13-19)26-14-16(3)22(24)25-6-2;/h1,5,7-8,18-19H,3,6,9-11,13-15H2,2,4H3;/q-1;/b8-7-;/t18-,19+;/m1./s1. The Hall–Kier alpha value is -1.62. The van der Waals surface area contributed by atoms with Gasteiger partial charge in [0.1, 0.15) is 0 Å². The van der Waals surface area contributed by atoms with Crippen molar-refractivity contribution in [3.63, 3.8) is 0 Å². The van der Waals surface area contributed by atoms with E-state index in [9.17, 15) is 4.79 Å². The Bertz CT molecular complexity index is 767. The van der Waals surface area contributed by atoms with E-state index >= 15 is 0 Å². The number of nitrogens with zero attached hydrogens (tertiary/aromatic N) is 1. The summed E-state index contributed by atoms with van der Waals surface area (Å²) in [6, 6.07) is 0. The van der Waals surface area contributed by atoms with Gasteiger partial charge in [0.25, 0.3) is 0 Å². The van der Waals surface area contributed by atoms with E-state index in [-0.39, 0.29) is 18.8 Å². The van der Waals surface area contributed by atoms with Crippen LogP contribution in [0, 0.1) is 13.5 Å². The molecule has 1 heterocycles. The van der Waals surface area contributed by atoms with Gasteiger partial charge in [0, 0.05) is 0 Å². The Labute approximate surface area is 183 Å². The number of carbonyl (C=O) groups is 1. The van der Waals surface area contributed by atoms with Crippen LogP contribution in [0.3, 0.4) is 0 Å². The van der Waals surface area contributed by atoms with Crippen LogP contribution >= 0.6 is 0 Å². The number of ether oxygens (including phenoxy) is 3. The second-order valence-corrected chi connectivity index (χ2v) is 8.37. The summed E-state index contributed by atoms with van der Waals surface area (Å²) in [6.45, 7) is 13.7. The molecule has 1 aliphatic rings. The van der Waals surface area contributed by atoms with Gasteiger partial charge in [0.05, 0.1) is 6.61 Å². The number of hydrogen-bond donors (Lipinski definition) is 0. The monoisotopic (exact) mass is 570 g/mol. The zero-order chi connectivity index (χ0) is 21.2. The number of allylic oxidation sites excluding steroid dienone is 3. The fourth-order valence-corrected chi connectivity index (χ4v) is 3.59. The molecule has 1 saturated carbocycles. The predicted molar refractivity (Wildman–Crippen MR) is 106 cm³/mol. The van der Waals surface area contributed by atoms with Gasteiger partial charge in [-0.15, -0.1) is 0 Å². The Morgan fingerprint density at radius 1 is 1.38 bits per heavy atom. The van der Waals surface area contributed by atoms with Crippen molar-refractivity contribution in [3.8, 4) is 0 Å². The Balaban J connectivity index is 1.82. The van der Waals surface area contributed by atoms with Gasteiger partial charge in [-0.05, 0) is 6.92 Å². The van der Waals surface area contributed by atoms with Crippen molar-refractivity contribution in [1.29, 1.82) is 0 Å². The Morgan fingerprint density at radius 2 is 2.10 bits per heavy atom. The number of carbonyl (C=O) groups excluding carboxylic acids is 1. The number of aryl methyl sites for hydroxylation is 1. The second kappa shape index (κ2) is 12.2. The van der Waals surface area contributed by atoms with Crippen molar-refractivity contribution in [2.75, 3.05) is 13.2 Å². The van der Waals surface area contributed by atoms with Crippen LogP contribution in [0.2, 0.25) is 0 Å². The SMILES string of the molecule is [CH-]=C/C=C\[C](=[W])c1nc(CO[C@H]2CCC[C@@H](OCC(=C)C(=O)OCC)C2)c(C)o1. The molecule has 29 heavy (non-hydrogen) atoms. The van der Waals surface area contributed by atoms with Crippen molar-refractivity contribution < 1.29 is 42.8 Å². The van der Waals surface area contributed by atoms with Crippen molar-refractivity contribution in [3.05, 3.63) is 54.3 Å². The summed E-state index contributed by atoms with van der Waals surface area (Å²) in [4.78, 5) is 16.2. The van der Waals surface area contributed by atoms with Crippen LogP contribution in [0.1, 0.15) is 50.0 Å². The average molecular weight is 570 g/mol. The molecule has 0 radical (unpaired) electrons. The van der Waals surface area contributed by atoms with E-state index in [4.69, 9.17) is 25.2 Å². The molecule has 2 rings (SSSR count). The summed E-state index contributed by atoms with van der Waals surface area (Å²) >= 11 is 1.25. The molecule has 1 aromatic heterocycles. The fourth-order valence-electron chi connectivity index (χ4n) is 2.99. The van der Waals surface area contributed by atoms with Crippen molar-refractivity contribution in [1.82, 2.24) is 4.98 Å². The maximum absolute atomic E-state index is 11.6. The molecule has 0 aromatic carbocycles. The van der Waals surface area contributed by atoms with Gasteiger partial charge in [-0.1, -0.05) is 6.58 Å². The molecular formula is C22H28NO5W-. The number of esters is 1. The second-order valence-electron chi connectivity index (χ2n) is 6.79. The maximum atomic E-state index is 11.6. The molecule has 0 N–H and O–H groups in total. The van der Waals surface area contributed by atoms with Crippen LogP contribution in [0.5, 0.6) is 0 Å². The van der Waals surface area contributed by atoms with Crippen molar-refractivity contribution >= 4 is 9.87 Å². The third-order valence-electron chi connectivity index (χ3n) is 4.55. The van der Waals surface area contributed by atoms with Gasteiger partial charge in [0.2, 0.25) is 0 Å². The molecule has 7 heteroatoms. The zero-order valence-electron chi connectivity index (χ0n) is 17.0. The van der Waals surface area contributed by atoms with Crippen LogP contribution in [0.25, 0.3) is 0 Å². The van der Waals surface area contributed by atoms with E-state index < -0.39 is 5.97 Å². The van der Waals surface area contributed by atoms with Crippen LogP contribution in [-0.2, 0) is 45.0 Å². The van der Waals surface area contributed by atoms with Crippen molar-refractivity contribution in [2.24, 2.45) is 0 Å². The van der Waals surface area contributed by atoms with E-state index in [0.717, 1.165) is 41.0 Å². The molecule has 0 amide bonds. The van der Waals surface area contributed by atoms with E-state index in [1.165, 1.54) is 25.4 Å². The summed E-state index contributed by atoms with van der Waals surface area (Å²) in [6.07, 6.45) is 8.99. The van der Waals surface area contributed by atoms with Gasteiger partial charge in [-0.25, -0.2) is 4.79 Å².